The van der Waals surface area contributed by atoms with Gasteiger partial charge in [0, 0.05) is 16.4 Å². The minimum Gasteiger partial charge on any atom is -0.479 e. The van der Waals surface area contributed by atoms with Crippen molar-refractivity contribution in [3.63, 3.8) is 0 Å². The molecule has 4 heterocycles. The average molecular weight is 599 g/mol. The Morgan fingerprint density at radius 3 is 2.79 bits per heavy atom. The molecule has 0 saturated carbocycles. The van der Waals surface area contributed by atoms with Crippen molar-refractivity contribution in [3.05, 3.63) is 22.3 Å². The molecule has 39 heavy (non-hydrogen) atoms. The fraction of sp³-hybridized carbons (Fsp3) is 0.421. The fourth-order valence-corrected chi connectivity index (χ4v) is 6.92. The Balaban J connectivity index is 1.55. The number of thiazole rings is 1. The number of aromatic amines is 1. The molecule has 208 valence electrons. The lowest BCUT2D eigenvalue weighted by Crippen LogP contribution is -2.71. The number of thioether (sulfide) groups is 2. The molecule has 1 fully saturated rings. The van der Waals surface area contributed by atoms with Gasteiger partial charge in [-0.3, -0.25) is 14.5 Å². The highest BCUT2D eigenvalue weighted by Crippen LogP contribution is 2.44. The number of tetrazole rings is 1. The second-order valence-corrected chi connectivity index (χ2v) is 11.1. The summed E-state index contributed by atoms with van der Waals surface area (Å²) >= 11 is 3.52. The number of anilines is 1. The van der Waals surface area contributed by atoms with Gasteiger partial charge in [-0.1, -0.05) is 16.9 Å². The first-order chi connectivity index (χ1) is 18.7. The first kappa shape index (κ1) is 28.3. The van der Waals surface area contributed by atoms with Crippen LogP contribution in [0.2, 0.25) is 0 Å². The number of nitrogens with two attached hydrogens (primary N) is 2. The van der Waals surface area contributed by atoms with Crippen LogP contribution in [0.4, 0.5) is 5.13 Å². The smallest absolute Gasteiger partial charge is 0.352 e. The quantitative estimate of drug-likeness (QED) is 0.0675. The summed E-state index contributed by atoms with van der Waals surface area (Å²) in [5.74, 6) is -3.85. The minimum absolute atomic E-state index is 0.0231. The predicted octanol–water partition coefficient (Wildman–Crippen LogP) is -1.32. The Bertz CT molecular complexity index is 1310. The molecular formula is C19H22N10O7S3. The third-order valence-electron chi connectivity index (χ3n) is 5.44. The highest BCUT2D eigenvalue weighted by Gasteiger charge is 2.55. The number of H-pyrrole nitrogens is 1. The van der Waals surface area contributed by atoms with Crippen molar-refractivity contribution < 1.29 is 34.2 Å². The Morgan fingerprint density at radius 1 is 1.38 bits per heavy atom. The second kappa shape index (κ2) is 12.4. The molecule has 0 aliphatic carbocycles. The number of nitrogens with zero attached hydrogens (tertiary/aromatic N) is 6. The first-order valence-electron chi connectivity index (χ1n) is 11.2. The largest absolute Gasteiger partial charge is 0.479 e. The van der Waals surface area contributed by atoms with Crippen LogP contribution in [0.15, 0.2) is 27.0 Å². The molecule has 4 rings (SSSR count). The Labute approximate surface area is 231 Å². The van der Waals surface area contributed by atoms with E-state index in [-0.39, 0.29) is 33.2 Å². The summed E-state index contributed by atoms with van der Waals surface area (Å²) < 4.78 is 0. The van der Waals surface area contributed by atoms with Gasteiger partial charge in [0.1, 0.15) is 22.8 Å². The van der Waals surface area contributed by atoms with Crippen molar-refractivity contribution >= 4 is 69.5 Å². The molecule has 0 spiro atoms. The van der Waals surface area contributed by atoms with E-state index in [0.717, 1.165) is 16.2 Å². The van der Waals surface area contributed by atoms with Crippen molar-refractivity contribution in [1.29, 1.82) is 0 Å². The Kier molecular flexibility index (Phi) is 8.99. The van der Waals surface area contributed by atoms with Gasteiger partial charge in [-0.05, 0) is 30.2 Å². The molecule has 0 bridgehead atoms. The summed E-state index contributed by atoms with van der Waals surface area (Å²) in [4.78, 5) is 59.1. The zero-order valence-electron chi connectivity index (χ0n) is 19.8. The van der Waals surface area contributed by atoms with E-state index in [2.05, 4.69) is 36.1 Å². The van der Waals surface area contributed by atoms with Crippen LogP contribution in [0.5, 0.6) is 0 Å². The third kappa shape index (κ3) is 6.29. The van der Waals surface area contributed by atoms with Gasteiger partial charge in [0.05, 0.1) is 0 Å². The highest BCUT2D eigenvalue weighted by molar-refractivity contribution is 8.01. The van der Waals surface area contributed by atoms with Crippen molar-refractivity contribution in [1.82, 2.24) is 35.8 Å². The highest BCUT2D eigenvalue weighted by atomic mass is 32.2. The molecule has 17 nitrogen and oxygen atoms in total. The second-order valence-electron chi connectivity index (χ2n) is 7.95. The van der Waals surface area contributed by atoms with Crippen LogP contribution in [0.3, 0.4) is 0 Å². The van der Waals surface area contributed by atoms with Crippen molar-refractivity contribution in [3.8, 4) is 0 Å². The molecule has 2 aromatic rings. The van der Waals surface area contributed by atoms with Gasteiger partial charge in [0.15, 0.2) is 10.8 Å². The van der Waals surface area contributed by atoms with E-state index >= 15 is 0 Å². The van der Waals surface area contributed by atoms with Crippen molar-refractivity contribution in [2.75, 3.05) is 24.6 Å². The molecule has 2 aliphatic rings. The zero-order valence-corrected chi connectivity index (χ0v) is 22.3. The number of fused-ring (bicyclic) bond motifs is 1. The van der Waals surface area contributed by atoms with Gasteiger partial charge in [0.25, 0.3) is 11.8 Å². The van der Waals surface area contributed by atoms with E-state index in [1.807, 2.05) is 0 Å². The van der Waals surface area contributed by atoms with E-state index in [9.17, 15) is 24.3 Å². The van der Waals surface area contributed by atoms with Gasteiger partial charge in [-0.25, -0.2) is 14.6 Å². The van der Waals surface area contributed by atoms with E-state index in [4.69, 9.17) is 21.4 Å². The number of β-lactam (4-membered cyclic amide) rings is 1. The lowest BCUT2D eigenvalue weighted by atomic mass is 9.99. The maximum Gasteiger partial charge on any atom is 0.352 e. The molecule has 8 N–H and O–H groups in total. The first-order valence-corrected chi connectivity index (χ1v) is 14.0. The third-order valence-corrected chi connectivity index (χ3v) is 8.61. The van der Waals surface area contributed by atoms with Gasteiger partial charge < -0.3 is 31.8 Å². The van der Waals surface area contributed by atoms with E-state index in [1.54, 1.807) is 0 Å². The number of hydrogen-bond acceptors (Lipinski definition) is 15. The van der Waals surface area contributed by atoms with Crippen LogP contribution in [0.1, 0.15) is 18.5 Å². The summed E-state index contributed by atoms with van der Waals surface area (Å²) in [6.45, 7) is -0.427. The normalized spacial score (nSPS) is 19.8. The van der Waals surface area contributed by atoms with E-state index in [0.29, 0.717) is 30.1 Å². The SMILES string of the molecule is NCCCC(Sc1nn[nH]n1)C1=C(C(=O)O)N2C(=O)C(NC(=O)C(=NOCC(=O)O)c3csc(N)n3)[C@H]2SC1. The molecular weight excluding hydrogens is 576 g/mol. The zero-order chi connectivity index (χ0) is 28.1. The molecule has 2 aromatic heterocycles. The molecule has 2 amide bonds. The number of carboxylic acids is 2. The average Bonchev–Trinajstić information content (AvgIpc) is 3.58. The minimum atomic E-state index is -1.31. The number of nitrogens with one attached hydrogen (secondary N) is 2. The number of nitrogen functional groups attached to an aromatic ring is 1. The Hall–Kier alpha value is -3.75. The molecule has 0 aromatic carbocycles. The standard InChI is InChI=1S/C19H22N10O7S3/c20-3-1-2-9(39-19-24-27-28-25-19)7-5-37-16-12(15(33)29(16)13(7)17(34)35)23-14(32)11(26-36-4-10(30)31)8-6-38-18(21)22-8/h6,9,12,16H,1-5,20H2,(H2,21,22)(H,23,32)(H,30,31)(H,34,35)(H,24,25,27,28)/t9?,12?,16-/m1/s1. The van der Waals surface area contributed by atoms with E-state index < -0.39 is 41.8 Å². The van der Waals surface area contributed by atoms with E-state index in [1.165, 1.54) is 28.9 Å². The number of carboxylic acid groups (broad SMARTS) is 2. The predicted molar refractivity (Wildman–Crippen MR) is 138 cm³/mol. The maximum absolute atomic E-state index is 13.2. The lowest BCUT2D eigenvalue weighted by molar-refractivity contribution is -0.150. The van der Waals surface area contributed by atoms with Crippen molar-refractivity contribution in [2.24, 2.45) is 10.9 Å². The van der Waals surface area contributed by atoms with Crippen LogP contribution in [0.25, 0.3) is 0 Å². The molecule has 20 heteroatoms. The molecule has 0 radical (unpaired) electrons. The van der Waals surface area contributed by atoms with Crippen molar-refractivity contribution in [2.45, 2.75) is 34.7 Å². The van der Waals surface area contributed by atoms with Crippen LogP contribution in [0, 0.1) is 0 Å². The summed E-state index contributed by atoms with van der Waals surface area (Å²) in [7, 11) is 0. The topological polar surface area (TPSA) is 265 Å². The summed E-state index contributed by atoms with van der Waals surface area (Å²) in [6.07, 6.45) is 1.11. The van der Waals surface area contributed by atoms with Crippen LogP contribution < -0.4 is 16.8 Å². The monoisotopic (exact) mass is 598 g/mol. The van der Waals surface area contributed by atoms with Gasteiger partial charge >= 0.3 is 11.9 Å². The maximum atomic E-state index is 13.2. The number of hydrogen-bond donors (Lipinski definition) is 6. The molecule has 3 atom stereocenters. The van der Waals surface area contributed by atoms with Gasteiger partial charge in [-0.2, -0.15) is 5.21 Å². The number of carbonyl (C=O) groups is 4. The summed E-state index contributed by atoms with van der Waals surface area (Å²) in [5.41, 5.74) is 11.3. The van der Waals surface area contributed by atoms with Gasteiger partial charge in [-0.15, -0.1) is 33.3 Å². The fourth-order valence-electron chi connectivity index (χ4n) is 3.79. The number of rotatable bonds is 13. The Morgan fingerprint density at radius 2 is 2.18 bits per heavy atom. The van der Waals surface area contributed by atoms with Gasteiger partial charge in [0.2, 0.25) is 11.8 Å². The van der Waals surface area contributed by atoms with Crippen LogP contribution >= 0.6 is 34.9 Å². The van der Waals surface area contributed by atoms with Crippen LogP contribution in [-0.4, -0.2) is 106 Å². The number of aromatic nitrogens is 5. The molecule has 1 saturated heterocycles. The molecule has 2 aliphatic heterocycles. The lowest BCUT2D eigenvalue weighted by Gasteiger charge is -2.50. The number of aliphatic carboxylic acids is 2. The van der Waals surface area contributed by atoms with Crippen LogP contribution in [-0.2, 0) is 24.0 Å². The number of oxime groups is 1. The molecule has 2 unspecified atom stereocenters. The summed E-state index contributed by atoms with van der Waals surface area (Å²) in [5, 5.41) is 39.5. The summed E-state index contributed by atoms with van der Waals surface area (Å²) in [6, 6.07) is -1.08. The number of amides is 2. The number of carbonyl (C=O) groups excluding carboxylic acids is 2.